The van der Waals surface area contributed by atoms with Crippen LogP contribution in [0.3, 0.4) is 0 Å². The summed E-state index contributed by atoms with van der Waals surface area (Å²) in [6.07, 6.45) is 1.41. The summed E-state index contributed by atoms with van der Waals surface area (Å²) in [5.74, 6) is -0.256. The second-order valence-corrected chi connectivity index (χ2v) is 5.56. The molecule has 0 heterocycles. The molecule has 2 rings (SSSR count). The third-order valence-electron chi connectivity index (χ3n) is 3.60. The smallest absolute Gasteiger partial charge is 0.271 e. The fourth-order valence-corrected chi connectivity index (χ4v) is 2.47. The number of hydrogen-bond donors (Lipinski definition) is 2. The van der Waals surface area contributed by atoms with E-state index in [9.17, 15) is 9.90 Å². The number of halogens is 1. The Hall–Kier alpha value is -2.53. The highest BCUT2D eigenvalue weighted by Gasteiger charge is 2.07. The minimum Gasteiger partial charge on any atom is -0.507 e. The summed E-state index contributed by atoms with van der Waals surface area (Å²) in [6.45, 7) is 5.83. The van der Waals surface area contributed by atoms with Gasteiger partial charge in [-0.25, -0.2) is 5.43 Å². The summed E-state index contributed by atoms with van der Waals surface area (Å²) in [4.78, 5) is 14.1. The van der Waals surface area contributed by atoms with E-state index in [0.29, 0.717) is 16.1 Å². The second kappa shape index (κ2) is 8.36. The standard InChI is InChI=1S/C18H20ClN3O2/c1-3-22(4-2)16-9-8-14(17(23)11-16)12-20-21-18(24)13-6-5-7-15(19)10-13/h5-12,23H,3-4H2,1-2H3,(H,21,24). The molecular weight excluding hydrogens is 326 g/mol. The molecule has 0 spiro atoms. The van der Waals surface area contributed by atoms with Gasteiger partial charge in [0.05, 0.1) is 6.21 Å². The molecule has 0 aromatic heterocycles. The molecule has 2 N–H and O–H groups in total. The van der Waals surface area contributed by atoms with Crippen LogP contribution in [-0.4, -0.2) is 30.3 Å². The molecule has 1 amide bonds. The number of phenols is 1. The average Bonchev–Trinajstić information content (AvgIpc) is 2.57. The Kier molecular flexibility index (Phi) is 6.21. The van der Waals surface area contributed by atoms with Crippen LogP contribution in [0.25, 0.3) is 0 Å². The van der Waals surface area contributed by atoms with Crippen molar-refractivity contribution in [2.45, 2.75) is 13.8 Å². The molecule has 24 heavy (non-hydrogen) atoms. The third-order valence-corrected chi connectivity index (χ3v) is 3.83. The first-order chi connectivity index (χ1) is 11.5. The van der Waals surface area contributed by atoms with E-state index in [1.165, 1.54) is 6.21 Å². The first-order valence-corrected chi connectivity index (χ1v) is 8.09. The van der Waals surface area contributed by atoms with Crippen LogP contribution in [0.4, 0.5) is 5.69 Å². The number of hydrogen-bond acceptors (Lipinski definition) is 4. The van der Waals surface area contributed by atoms with E-state index in [-0.39, 0.29) is 11.7 Å². The first kappa shape index (κ1) is 17.8. The minimum atomic E-state index is -0.368. The minimum absolute atomic E-state index is 0.111. The van der Waals surface area contributed by atoms with Crippen molar-refractivity contribution in [1.82, 2.24) is 5.43 Å². The van der Waals surface area contributed by atoms with Crippen molar-refractivity contribution in [3.05, 3.63) is 58.6 Å². The molecule has 0 atom stereocenters. The monoisotopic (exact) mass is 345 g/mol. The van der Waals surface area contributed by atoms with Crippen LogP contribution in [0.1, 0.15) is 29.8 Å². The van der Waals surface area contributed by atoms with Crippen LogP contribution >= 0.6 is 11.6 Å². The molecule has 0 aliphatic carbocycles. The third kappa shape index (κ3) is 4.49. The molecule has 0 saturated heterocycles. The van der Waals surface area contributed by atoms with Crippen LogP contribution in [0, 0.1) is 0 Å². The van der Waals surface area contributed by atoms with Crippen molar-refractivity contribution in [3.8, 4) is 5.75 Å². The highest BCUT2D eigenvalue weighted by Crippen LogP contribution is 2.23. The van der Waals surface area contributed by atoms with Crippen molar-refractivity contribution in [2.24, 2.45) is 5.10 Å². The number of carbonyl (C=O) groups excluding carboxylic acids is 1. The molecule has 126 valence electrons. The van der Waals surface area contributed by atoms with Crippen molar-refractivity contribution >= 4 is 29.4 Å². The summed E-state index contributed by atoms with van der Waals surface area (Å²) in [6, 6.07) is 11.9. The van der Waals surface area contributed by atoms with Gasteiger partial charge in [-0.2, -0.15) is 5.10 Å². The molecule has 0 radical (unpaired) electrons. The van der Waals surface area contributed by atoms with Crippen LogP contribution in [0.2, 0.25) is 5.02 Å². The molecule has 2 aromatic carbocycles. The van der Waals surface area contributed by atoms with E-state index in [0.717, 1.165) is 18.8 Å². The van der Waals surface area contributed by atoms with Gasteiger partial charge in [0.2, 0.25) is 0 Å². The van der Waals surface area contributed by atoms with Gasteiger partial charge in [-0.15, -0.1) is 0 Å². The summed E-state index contributed by atoms with van der Waals surface area (Å²) in [5, 5.41) is 14.5. The maximum Gasteiger partial charge on any atom is 0.271 e. The highest BCUT2D eigenvalue weighted by atomic mass is 35.5. The van der Waals surface area contributed by atoms with Gasteiger partial charge in [-0.05, 0) is 44.2 Å². The number of rotatable bonds is 6. The molecule has 0 bridgehead atoms. The van der Waals surface area contributed by atoms with E-state index in [4.69, 9.17) is 11.6 Å². The van der Waals surface area contributed by atoms with Gasteiger partial charge >= 0.3 is 0 Å². The van der Waals surface area contributed by atoms with Gasteiger partial charge in [0.15, 0.2) is 0 Å². The topological polar surface area (TPSA) is 64.9 Å². The molecule has 0 saturated carbocycles. The number of aromatic hydroxyl groups is 1. The van der Waals surface area contributed by atoms with Crippen molar-refractivity contribution < 1.29 is 9.90 Å². The number of benzene rings is 2. The van der Waals surface area contributed by atoms with Gasteiger partial charge < -0.3 is 10.0 Å². The zero-order valence-corrected chi connectivity index (χ0v) is 14.4. The summed E-state index contributed by atoms with van der Waals surface area (Å²) in [7, 11) is 0. The molecule has 2 aromatic rings. The van der Waals surface area contributed by atoms with Gasteiger partial charge in [0.25, 0.3) is 5.91 Å². The Morgan fingerprint density at radius 2 is 2.00 bits per heavy atom. The maximum atomic E-state index is 11.9. The quantitative estimate of drug-likeness (QED) is 0.620. The molecule has 6 heteroatoms. The molecule has 5 nitrogen and oxygen atoms in total. The number of hydrazone groups is 1. The highest BCUT2D eigenvalue weighted by molar-refractivity contribution is 6.30. The molecule has 0 unspecified atom stereocenters. The van der Waals surface area contributed by atoms with Gasteiger partial charge in [-0.1, -0.05) is 17.7 Å². The van der Waals surface area contributed by atoms with E-state index in [2.05, 4.69) is 29.3 Å². The molecule has 0 fully saturated rings. The lowest BCUT2D eigenvalue weighted by Gasteiger charge is -2.21. The zero-order chi connectivity index (χ0) is 17.5. The van der Waals surface area contributed by atoms with E-state index in [1.54, 1.807) is 36.4 Å². The Morgan fingerprint density at radius 1 is 1.25 bits per heavy atom. The summed E-state index contributed by atoms with van der Waals surface area (Å²) in [5.41, 5.74) is 4.30. The number of carbonyl (C=O) groups is 1. The fourth-order valence-electron chi connectivity index (χ4n) is 2.28. The molecular formula is C18H20ClN3O2. The number of nitrogens with zero attached hydrogens (tertiary/aromatic N) is 2. The maximum absolute atomic E-state index is 11.9. The molecule has 0 aliphatic rings. The predicted octanol–water partition coefficient (Wildman–Crippen LogP) is 3.66. The first-order valence-electron chi connectivity index (χ1n) is 7.72. The normalized spacial score (nSPS) is 10.8. The SMILES string of the molecule is CCN(CC)c1ccc(C=NNC(=O)c2cccc(Cl)c2)c(O)c1. The summed E-state index contributed by atoms with van der Waals surface area (Å²) < 4.78 is 0. The summed E-state index contributed by atoms with van der Waals surface area (Å²) >= 11 is 5.85. The Morgan fingerprint density at radius 3 is 2.62 bits per heavy atom. The Balaban J connectivity index is 2.05. The lowest BCUT2D eigenvalue weighted by atomic mass is 10.2. The second-order valence-electron chi connectivity index (χ2n) is 5.12. The van der Waals surface area contributed by atoms with E-state index < -0.39 is 0 Å². The predicted molar refractivity (Wildman–Crippen MR) is 98.2 cm³/mol. The molecule has 0 aliphatic heterocycles. The lowest BCUT2D eigenvalue weighted by molar-refractivity contribution is 0.0955. The van der Waals surface area contributed by atoms with Crippen molar-refractivity contribution in [1.29, 1.82) is 0 Å². The van der Waals surface area contributed by atoms with E-state index in [1.807, 2.05) is 6.07 Å². The Labute approximate surface area is 146 Å². The van der Waals surface area contributed by atoms with E-state index >= 15 is 0 Å². The fraction of sp³-hybridized carbons (Fsp3) is 0.222. The number of phenolic OH excluding ortho intramolecular Hbond substituents is 1. The number of nitrogens with one attached hydrogen (secondary N) is 1. The zero-order valence-electron chi connectivity index (χ0n) is 13.7. The van der Waals surface area contributed by atoms with Gasteiger partial charge in [-0.3, -0.25) is 4.79 Å². The van der Waals surface area contributed by atoms with Crippen LogP contribution in [-0.2, 0) is 0 Å². The van der Waals surface area contributed by atoms with Gasteiger partial charge in [0, 0.05) is 41.0 Å². The van der Waals surface area contributed by atoms with Crippen LogP contribution in [0.15, 0.2) is 47.6 Å². The van der Waals surface area contributed by atoms with Crippen LogP contribution < -0.4 is 10.3 Å². The number of amides is 1. The number of anilines is 1. The largest absolute Gasteiger partial charge is 0.507 e. The van der Waals surface area contributed by atoms with Crippen LogP contribution in [0.5, 0.6) is 5.75 Å². The van der Waals surface area contributed by atoms with Gasteiger partial charge in [0.1, 0.15) is 5.75 Å². The lowest BCUT2D eigenvalue weighted by Crippen LogP contribution is -2.21. The van der Waals surface area contributed by atoms with Crippen molar-refractivity contribution in [2.75, 3.05) is 18.0 Å². The average molecular weight is 346 g/mol. The van der Waals surface area contributed by atoms with Crippen molar-refractivity contribution in [3.63, 3.8) is 0 Å². The Bertz CT molecular complexity index is 743.